The van der Waals surface area contributed by atoms with E-state index in [9.17, 15) is 10.1 Å². The van der Waals surface area contributed by atoms with Gasteiger partial charge in [0.15, 0.2) is 0 Å². The first-order chi connectivity index (χ1) is 7.75. The van der Waals surface area contributed by atoms with E-state index in [1.54, 1.807) is 0 Å². The summed E-state index contributed by atoms with van der Waals surface area (Å²) in [6.45, 7) is 0.575. The van der Waals surface area contributed by atoms with E-state index in [4.69, 9.17) is 0 Å². The first-order valence-corrected chi connectivity index (χ1v) is 4.73. The second kappa shape index (κ2) is 4.43. The van der Waals surface area contributed by atoms with E-state index in [1.165, 1.54) is 6.20 Å². The van der Waals surface area contributed by atoms with Crippen LogP contribution in [0.2, 0.25) is 0 Å². The molecule has 16 heavy (non-hydrogen) atoms. The summed E-state index contributed by atoms with van der Waals surface area (Å²) < 4.78 is 0. The standard InChI is InChI=1S/C10H10N4O2/c15-14(16)9-7-12-10(13-9)11-6-8-4-2-1-3-5-8/h1-5,7H,6H2,(H2,11,12,13). The molecule has 6 nitrogen and oxygen atoms in total. The summed E-state index contributed by atoms with van der Waals surface area (Å²) in [5.41, 5.74) is 1.08. The van der Waals surface area contributed by atoms with Gasteiger partial charge in [0.05, 0.1) is 0 Å². The molecule has 2 N–H and O–H groups in total. The molecule has 0 radical (unpaired) electrons. The minimum atomic E-state index is -0.513. The summed E-state index contributed by atoms with van der Waals surface area (Å²) in [5.74, 6) is 0.283. The smallest absolute Gasteiger partial charge is 0.342 e. The van der Waals surface area contributed by atoms with Crippen LogP contribution in [-0.4, -0.2) is 14.9 Å². The van der Waals surface area contributed by atoms with Crippen molar-refractivity contribution in [1.29, 1.82) is 0 Å². The number of nitrogens with one attached hydrogen (secondary N) is 2. The Morgan fingerprint density at radius 1 is 1.38 bits per heavy atom. The number of rotatable bonds is 4. The maximum absolute atomic E-state index is 10.4. The monoisotopic (exact) mass is 218 g/mol. The zero-order valence-corrected chi connectivity index (χ0v) is 8.38. The van der Waals surface area contributed by atoms with Crippen molar-refractivity contribution in [2.45, 2.75) is 6.54 Å². The van der Waals surface area contributed by atoms with Gasteiger partial charge in [0.2, 0.25) is 0 Å². The van der Waals surface area contributed by atoms with E-state index in [1.807, 2.05) is 30.3 Å². The first kappa shape index (κ1) is 10.2. The van der Waals surface area contributed by atoms with E-state index >= 15 is 0 Å². The summed E-state index contributed by atoms with van der Waals surface area (Å²) in [5, 5.41) is 13.4. The fourth-order valence-corrected chi connectivity index (χ4v) is 1.28. The van der Waals surface area contributed by atoms with Gasteiger partial charge in [0, 0.05) is 6.54 Å². The summed E-state index contributed by atoms with van der Waals surface area (Å²) in [7, 11) is 0. The maximum atomic E-state index is 10.4. The van der Waals surface area contributed by atoms with Gasteiger partial charge in [-0.3, -0.25) is 0 Å². The van der Waals surface area contributed by atoms with Gasteiger partial charge in [0.25, 0.3) is 5.95 Å². The number of benzene rings is 1. The maximum Gasteiger partial charge on any atom is 0.342 e. The average molecular weight is 218 g/mol. The Kier molecular flexibility index (Phi) is 2.81. The van der Waals surface area contributed by atoms with Gasteiger partial charge in [-0.05, 0) is 10.5 Å². The largest absolute Gasteiger partial charge is 0.358 e. The fraction of sp³-hybridized carbons (Fsp3) is 0.100. The lowest BCUT2D eigenvalue weighted by Crippen LogP contribution is -2.00. The molecule has 0 saturated carbocycles. The molecule has 0 fully saturated rings. The molecule has 1 aromatic heterocycles. The Morgan fingerprint density at radius 3 is 2.75 bits per heavy atom. The van der Waals surface area contributed by atoms with Crippen LogP contribution < -0.4 is 5.32 Å². The summed E-state index contributed by atoms with van der Waals surface area (Å²) in [4.78, 5) is 16.3. The molecule has 0 atom stereocenters. The highest BCUT2D eigenvalue weighted by Gasteiger charge is 2.08. The predicted molar refractivity (Wildman–Crippen MR) is 59.0 cm³/mol. The second-order valence-electron chi connectivity index (χ2n) is 3.21. The topological polar surface area (TPSA) is 83.8 Å². The van der Waals surface area contributed by atoms with Crippen LogP contribution in [0.25, 0.3) is 0 Å². The number of anilines is 1. The lowest BCUT2D eigenvalue weighted by molar-refractivity contribution is -0.389. The molecule has 1 aromatic carbocycles. The van der Waals surface area contributed by atoms with Crippen LogP contribution >= 0.6 is 0 Å². The van der Waals surface area contributed by atoms with Gasteiger partial charge in [0.1, 0.15) is 6.20 Å². The Morgan fingerprint density at radius 2 is 2.12 bits per heavy atom. The molecule has 0 aliphatic carbocycles. The molecule has 0 unspecified atom stereocenters. The van der Waals surface area contributed by atoms with E-state index in [2.05, 4.69) is 15.3 Å². The van der Waals surface area contributed by atoms with E-state index in [0.717, 1.165) is 5.56 Å². The van der Waals surface area contributed by atoms with Crippen molar-refractivity contribution in [1.82, 2.24) is 9.97 Å². The number of aromatic nitrogens is 2. The van der Waals surface area contributed by atoms with Crippen LogP contribution in [0.5, 0.6) is 0 Å². The van der Waals surface area contributed by atoms with Crippen LogP contribution in [-0.2, 0) is 6.54 Å². The molecule has 0 aliphatic rings. The molecule has 0 amide bonds. The zero-order chi connectivity index (χ0) is 11.4. The van der Waals surface area contributed by atoms with E-state index < -0.39 is 4.92 Å². The molecule has 0 bridgehead atoms. The Bertz CT molecular complexity index is 481. The average Bonchev–Trinajstić information content (AvgIpc) is 2.76. The van der Waals surface area contributed by atoms with Gasteiger partial charge in [-0.15, -0.1) is 0 Å². The number of hydrogen-bond donors (Lipinski definition) is 2. The van der Waals surface area contributed by atoms with Crippen molar-refractivity contribution < 1.29 is 4.92 Å². The number of nitro groups is 1. The van der Waals surface area contributed by atoms with E-state index in [-0.39, 0.29) is 5.82 Å². The minimum absolute atomic E-state index is 0.115. The first-order valence-electron chi connectivity index (χ1n) is 4.73. The van der Waals surface area contributed by atoms with Gasteiger partial charge < -0.3 is 15.4 Å². The van der Waals surface area contributed by atoms with Crippen molar-refractivity contribution in [2.75, 3.05) is 5.32 Å². The zero-order valence-electron chi connectivity index (χ0n) is 8.38. The highest BCUT2D eigenvalue weighted by Crippen LogP contribution is 2.10. The van der Waals surface area contributed by atoms with Crippen LogP contribution in [0.1, 0.15) is 5.56 Å². The molecule has 0 saturated heterocycles. The Labute approximate surface area is 91.5 Å². The number of hydrogen-bond acceptors (Lipinski definition) is 4. The van der Waals surface area contributed by atoms with Crippen molar-refractivity contribution in [3.63, 3.8) is 0 Å². The molecule has 82 valence electrons. The normalized spacial score (nSPS) is 10.0. The quantitative estimate of drug-likeness (QED) is 0.606. The third-order valence-electron chi connectivity index (χ3n) is 2.06. The van der Waals surface area contributed by atoms with Gasteiger partial charge in [-0.25, -0.2) is 4.98 Å². The van der Waals surface area contributed by atoms with Crippen molar-refractivity contribution in [2.24, 2.45) is 0 Å². The van der Waals surface area contributed by atoms with Gasteiger partial charge >= 0.3 is 5.82 Å². The summed E-state index contributed by atoms with van der Waals surface area (Å²) in [6.07, 6.45) is 1.19. The molecule has 6 heteroatoms. The SMILES string of the molecule is O=[N+]([O-])c1cnc(NCc2ccccc2)[nH]1. The number of imidazole rings is 1. The molecule has 2 aromatic rings. The summed E-state index contributed by atoms with van der Waals surface area (Å²) >= 11 is 0. The lowest BCUT2D eigenvalue weighted by atomic mass is 10.2. The van der Waals surface area contributed by atoms with Crippen LogP contribution in [0, 0.1) is 10.1 Å². The molecule has 1 heterocycles. The van der Waals surface area contributed by atoms with Crippen LogP contribution in [0.15, 0.2) is 36.5 Å². The second-order valence-corrected chi connectivity index (χ2v) is 3.21. The fourth-order valence-electron chi connectivity index (χ4n) is 1.28. The molecular formula is C10H10N4O2. The van der Waals surface area contributed by atoms with Gasteiger partial charge in [-0.2, -0.15) is 4.98 Å². The highest BCUT2D eigenvalue weighted by atomic mass is 16.6. The number of H-pyrrole nitrogens is 1. The van der Waals surface area contributed by atoms with Crippen molar-refractivity contribution >= 4 is 11.8 Å². The molecular weight excluding hydrogens is 208 g/mol. The van der Waals surface area contributed by atoms with E-state index in [0.29, 0.717) is 12.5 Å². The predicted octanol–water partition coefficient (Wildman–Crippen LogP) is 1.93. The molecule has 0 spiro atoms. The highest BCUT2D eigenvalue weighted by molar-refractivity contribution is 5.33. The Hall–Kier alpha value is -2.37. The van der Waals surface area contributed by atoms with Crippen LogP contribution in [0.3, 0.4) is 0 Å². The van der Waals surface area contributed by atoms with Gasteiger partial charge in [-0.1, -0.05) is 30.3 Å². The summed E-state index contributed by atoms with van der Waals surface area (Å²) in [6, 6.07) is 9.72. The number of aromatic amines is 1. The third kappa shape index (κ3) is 2.35. The molecule has 0 aliphatic heterocycles. The minimum Gasteiger partial charge on any atom is -0.358 e. The van der Waals surface area contributed by atoms with Crippen molar-refractivity contribution in [3.8, 4) is 0 Å². The third-order valence-corrected chi connectivity index (χ3v) is 2.06. The lowest BCUT2D eigenvalue weighted by Gasteiger charge is -1.99. The number of nitrogens with zero attached hydrogens (tertiary/aromatic N) is 2. The van der Waals surface area contributed by atoms with Crippen molar-refractivity contribution in [3.05, 3.63) is 52.2 Å². The molecule has 2 rings (SSSR count). The van der Waals surface area contributed by atoms with Crippen LogP contribution in [0.4, 0.5) is 11.8 Å². The Balaban J connectivity index is 1.97.